The number of anilines is 1. The van der Waals surface area contributed by atoms with E-state index < -0.39 is 0 Å². The number of ether oxygens (including phenoxy) is 3. The Balaban J connectivity index is 2.04. The van der Waals surface area contributed by atoms with Gasteiger partial charge < -0.3 is 19.5 Å². The van der Waals surface area contributed by atoms with Gasteiger partial charge in [-0.3, -0.25) is 9.59 Å². The van der Waals surface area contributed by atoms with Crippen molar-refractivity contribution in [1.29, 1.82) is 0 Å². The Kier molecular flexibility index (Phi) is 7.02. The molecule has 2 aromatic rings. The zero-order chi connectivity index (χ0) is 18.9. The lowest BCUT2D eigenvalue weighted by molar-refractivity contribution is -0.118. The second-order valence-electron chi connectivity index (χ2n) is 5.71. The lowest BCUT2D eigenvalue weighted by Crippen LogP contribution is -2.21. The minimum Gasteiger partial charge on any atom is -0.495 e. The number of hydrogen-bond donors (Lipinski definition) is 1. The van der Waals surface area contributed by atoms with Crippen LogP contribution in [-0.4, -0.2) is 32.5 Å². The molecule has 138 valence electrons. The topological polar surface area (TPSA) is 73.9 Å². The molecule has 0 aromatic heterocycles. The van der Waals surface area contributed by atoms with Gasteiger partial charge in [-0.15, -0.1) is 0 Å². The molecule has 0 aliphatic heterocycles. The first-order chi connectivity index (χ1) is 12.6. The van der Waals surface area contributed by atoms with Crippen LogP contribution in [-0.2, 0) is 4.79 Å². The van der Waals surface area contributed by atoms with Crippen molar-refractivity contribution in [3.05, 3.63) is 47.5 Å². The first-order valence-corrected chi connectivity index (χ1v) is 8.36. The van der Waals surface area contributed by atoms with Crippen LogP contribution < -0.4 is 19.5 Å². The molecule has 2 aromatic carbocycles. The maximum Gasteiger partial charge on any atom is 0.262 e. The summed E-state index contributed by atoms with van der Waals surface area (Å²) in [5.41, 5.74) is 1.91. The average molecular weight is 357 g/mol. The summed E-state index contributed by atoms with van der Waals surface area (Å²) in [5.74, 6) is 1.10. The minimum atomic E-state index is -0.356. The third-order valence-corrected chi connectivity index (χ3v) is 3.57. The fourth-order valence-corrected chi connectivity index (χ4v) is 2.30. The summed E-state index contributed by atoms with van der Waals surface area (Å²) < 4.78 is 16.3. The number of rotatable bonds is 9. The highest BCUT2D eigenvalue weighted by molar-refractivity contribution is 5.93. The van der Waals surface area contributed by atoms with E-state index in [0.29, 0.717) is 41.4 Å². The number of carbonyl (C=O) groups is 2. The molecular weight excluding hydrogens is 334 g/mol. The van der Waals surface area contributed by atoms with Crippen molar-refractivity contribution in [1.82, 2.24) is 0 Å². The van der Waals surface area contributed by atoms with E-state index >= 15 is 0 Å². The van der Waals surface area contributed by atoms with Crippen LogP contribution in [0.4, 0.5) is 5.69 Å². The highest BCUT2D eigenvalue weighted by Crippen LogP contribution is 2.26. The summed E-state index contributed by atoms with van der Waals surface area (Å²) in [6, 6.07) is 10.4. The summed E-state index contributed by atoms with van der Waals surface area (Å²) in [6.45, 7) is 4.24. The third kappa shape index (κ3) is 5.24. The molecule has 6 heteroatoms. The van der Waals surface area contributed by atoms with Gasteiger partial charge in [0.15, 0.2) is 12.9 Å². The van der Waals surface area contributed by atoms with E-state index in [-0.39, 0.29) is 12.5 Å². The first-order valence-electron chi connectivity index (χ1n) is 8.36. The maximum absolute atomic E-state index is 12.2. The van der Waals surface area contributed by atoms with Crippen LogP contribution in [0.3, 0.4) is 0 Å². The fraction of sp³-hybridized carbons (Fsp3) is 0.300. The van der Waals surface area contributed by atoms with Gasteiger partial charge in [0.05, 0.1) is 25.0 Å². The van der Waals surface area contributed by atoms with Gasteiger partial charge in [0.25, 0.3) is 5.91 Å². The van der Waals surface area contributed by atoms with Crippen molar-refractivity contribution < 1.29 is 23.8 Å². The number of aldehydes is 1. The number of hydrogen-bond acceptors (Lipinski definition) is 5. The van der Waals surface area contributed by atoms with Crippen LogP contribution in [0.15, 0.2) is 36.4 Å². The van der Waals surface area contributed by atoms with Gasteiger partial charge in [-0.1, -0.05) is 13.0 Å². The van der Waals surface area contributed by atoms with E-state index in [0.717, 1.165) is 12.0 Å². The Hall–Kier alpha value is -3.02. The van der Waals surface area contributed by atoms with E-state index in [4.69, 9.17) is 14.2 Å². The largest absolute Gasteiger partial charge is 0.495 e. The molecule has 0 bridgehead atoms. The number of aryl methyl sites for hydroxylation is 1. The van der Waals surface area contributed by atoms with Crippen LogP contribution >= 0.6 is 0 Å². The summed E-state index contributed by atoms with van der Waals surface area (Å²) >= 11 is 0. The van der Waals surface area contributed by atoms with E-state index in [1.165, 1.54) is 7.11 Å². The Morgan fingerprint density at radius 1 is 1.12 bits per heavy atom. The molecular formula is C20H23NO5. The third-order valence-electron chi connectivity index (χ3n) is 3.57. The van der Waals surface area contributed by atoms with Crippen molar-refractivity contribution in [2.75, 3.05) is 25.6 Å². The molecule has 0 atom stereocenters. The summed E-state index contributed by atoms with van der Waals surface area (Å²) in [7, 11) is 1.54. The lowest BCUT2D eigenvalue weighted by Gasteiger charge is -2.13. The SMILES string of the molecule is CCCOc1ccc(C=O)c(OCC(=O)Nc2cc(C)ccc2OC)c1. The van der Waals surface area contributed by atoms with Crippen molar-refractivity contribution in [3.63, 3.8) is 0 Å². The molecule has 26 heavy (non-hydrogen) atoms. The van der Waals surface area contributed by atoms with Gasteiger partial charge in [-0.2, -0.15) is 0 Å². The van der Waals surface area contributed by atoms with Gasteiger partial charge in [0.1, 0.15) is 17.2 Å². The van der Waals surface area contributed by atoms with Gasteiger partial charge in [0, 0.05) is 6.07 Å². The van der Waals surface area contributed by atoms with Crippen molar-refractivity contribution in [2.24, 2.45) is 0 Å². The van der Waals surface area contributed by atoms with Crippen LogP contribution in [0, 0.1) is 6.92 Å². The van der Waals surface area contributed by atoms with Gasteiger partial charge in [0.2, 0.25) is 0 Å². The highest BCUT2D eigenvalue weighted by atomic mass is 16.5. The van der Waals surface area contributed by atoms with E-state index in [9.17, 15) is 9.59 Å². The zero-order valence-electron chi connectivity index (χ0n) is 15.2. The second-order valence-corrected chi connectivity index (χ2v) is 5.71. The van der Waals surface area contributed by atoms with Crippen molar-refractivity contribution >= 4 is 17.9 Å². The predicted molar refractivity (Wildman–Crippen MR) is 99.5 cm³/mol. The minimum absolute atomic E-state index is 0.241. The number of benzene rings is 2. The lowest BCUT2D eigenvalue weighted by atomic mass is 10.2. The maximum atomic E-state index is 12.2. The molecule has 0 unspecified atom stereocenters. The number of amides is 1. The molecule has 0 radical (unpaired) electrons. The molecule has 0 spiro atoms. The van der Waals surface area contributed by atoms with Crippen LogP contribution in [0.1, 0.15) is 29.3 Å². The Labute approximate surface area is 153 Å². The predicted octanol–water partition coefficient (Wildman–Crippen LogP) is 3.62. The molecule has 6 nitrogen and oxygen atoms in total. The molecule has 0 saturated carbocycles. The molecule has 1 amide bonds. The highest BCUT2D eigenvalue weighted by Gasteiger charge is 2.11. The molecule has 2 rings (SSSR count). The number of nitrogens with one attached hydrogen (secondary N) is 1. The Morgan fingerprint density at radius 3 is 2.62 bits per heavy atom. The first kappa shape index (κ1) is 19.3. The van der Waals surface area contributed by atoms with Crippen molar-refractivity contribution in [2.45, 2.75) is 20.3 Å². The summed E-state index contributed by atoms with van der Waals surface area (Å²) in [4.78, 5) is 23.4. The molecule has 0 aliphatic rings. The van der Waals surface area contributed by atoms with Crippen LogP contribution in [0.2, 0.25) is 0 Å². The monoisotopic (exact) mass is 357 g/mol. The van der Waals surface area contributed by atoms with Gasteiger partial charge in [-0.25, -0.2) is 0 Å². The standard InChI is InChI=1S/C20H23NO5/c1-4-9-25-16-7-6-15(12-22)19(11-16)26-13-20(23)21-17-10-14(2)5-8-18(17)24-3/h5-8,10-12H,4,9,13H2,1-3H3,(H,21,23). The fourth-order valence-electron chi connectivity index (χ4n) is 2.30. The normalized spacial score (nSPS) is 10.1. The number of carbonyl (C=O) groups excluding carboxylic acids is 2. The smallest absolute Gasteiger partial charge is 0.262 e. The summed E-state index contributed by atoms with van der Waals surface area (Å²) in [5, 5.41) is 2.75. The number of methoxy groups -OCH3 is 1. The second kappa shape index (κ2) is 9.46. The van der Waals surface area contributed by atoms with E-state index in [2.05, 4.69) is 5.32 Å². The zero-order valence-corrected chi connectivity index (χ0v) is 15.2. The molecule has 0 fully saturated rings. The quantitative estimate of drug-likeness (QED) is 0.694. The van der Waals surface area contributed by atoms with Crippen LogP contribution in [0.5, 0.6) is 17.2 Å². The Morgan fingerprint density at radius 2 is 1.92 bits per heavy atom. The molecule has 0 aliphatic carbocycles. The van der Waals surface area contributed by atoms with E-state index in [1.54, 1.807) is 24.3 Å². The molecule has 0 saturated heterocycles. The average Bonchev–Trinajstić information content (AvgIpc) is 2.65. The van der Waals surface area contributed by atoms with E-state index in [1.807, 2.05) is 26.0 Å². The van der Waals surface area contributed by atoms with Crippen LogP contribution in [0.25, 0.3) is 0 Å². The van der Waals surface area contributed by atoms with Gasteiger partial charge >= 0.3 is 0 Å². The molecule has 1 N–H and O–H groups in total. The summed E-state index contributed by atoms with van der Waals surface area (Å²) in [6.07, 6.45) is 1.55. The Bertz CT molecular complexity index is 773. The van der Waals surface area contributed by atoms with Gasteiger partial charge in [-0.05, 0) is 43.2 Å². The van der Waals surface area contributed by atoms with Crippen molar-refractivity contribution in [3.8, 4) is 17.2 Å². The molecule has 0 heterocycles.